The molecule has 1 aromatic carbocycles. The van der Waals surface area contributed by atoms with Crippen molar-refractivity contribution in [3.63, 3.8) is 0 Å². The molecule has 1 aromatic heterocycles. The Bertz CT molecular complexity index is 725. The fourth-order valence-electron chi connectivity index (χ4n) is 2.87. The topological polar surface area (TPSA) is 72.1 Å². The first-order valence-electron chi connectivity index (χ1n) is 7.85. The van der Waals surface area contributed by atoms with Crippen molar-refractivity contribution < 1.29 is 4.79 Å². The van der Waals surface area contributed by atoms with Gasteiger partial charge in [-0.1, -0.05) is 35.5 Å². The van der Waals surface area contributed by atoms with Gasteiger partial charge in [-0.2, -0.15) is 0 Å². The Kier molecular flexibility index (Phi) is 5.38. The van der Waals surface area contributed by atoms with Crippen molar-refractivity contribution in [2.75, 3.05) is 13.1 Å². The minimum Gasteiger partial charge on any atom is -0.334 e. The average molecular weight is 363 g/mol. The number of carbonyl (C=O) groups excluding carboxylic acids is 1. The molecule has 1 aliphatic heterocycles. The molecular formula is C17H19ClN4OS. The molecular weight excluding hydrogens is 344 g/mol. The summed E-state index contributed by atoms with van der Waals surface area (Å²) in [5, 5.41) is 9.62. The summed E-state index contributed by atoms with van der Waals surface area (Å²) in [6, 6.07) is 11.3. The maximum Gasteiger partial charge on any atom is 0.274 e. The monoisotopic (exact) mass is 362 g/mol. The molecule has 0 saturated carbocycles. The summed E-state index contributed by atoms with van der Waals surface area (Å²) in [6.07, 6.45) is 0.941. The maximum atomic E-state index is 12.6. The Morgan fingerprint density at radius 1 is 1.33 bits per heavy atom. The van der Waals surface area contributed by atoms with Crippen molar-refractivity contribution in [3.8, 4) is 0 Å². The number of nitrogens with two attached hydrogens (primary N) is 1. The SMILES string of the molecule is CC1CC(CN)CN1C(=O)c1ccc(Sc2ccccc2Cl)nn1. The van der Waals surface area contributed by atoms with Crippen molar-refractivity contribution >= 4 is 29.3 Å². The van der Waals surface area contributed by atoms with Crippen LogP contribution in [0.3, 0.4) is 0 Å². The van der Waals surface area contributed by atoms with Gasteiger partial charge in [0.25, 0.3) is 5.91 Å². The molecule has 126 valence electrons. The quantitative estimate of drug-likeness (QED) is 0.904. The zero-order valence-corrected chi connectivity index (χ0v) is 14.9. The second-order valence-corrected chi connectivity index (χ2v) is 7.40. The van der Waals surface area contributed by atoms with E-state index >= 15 is 0 Å². The van der Waals surface area contributed by atoms with E-state index in [4.69, 9.17) is 17.3 Å². The number of amides is 1. The molecule has 1 saturated heterocycles. The van der Waals surface area contributed by atoms with Crippen molar-refractivity contribution in [1.82, 2.24) is 15.1 Å². The Hall–Kier alpha value is -1.63. The lowest BCUT2D eigenvalue weighted by Crippen LogP contribution is -2.35. The van der Waals surface area contributed by atoms with Crippen LogP contribution in [0.1, 0.15) is 23.8 Å². The molecule has 2 atom stereocenters. The molecule has 2 heterocycles. The molecule has 2 unspecified atom stereocenters. The van der Waals surface area contributed by atoms with Gasteiger partial charge in [-0.25, -0.2) is 0 Å². The van der Waals surface area contributed by atoms with Gasteiger partial charge in [0.2, 0.25) is 0 Å². The van der Waals surface area contributed by atoms with E-state index in [0.29, 0.717) is 34.7 Å². The van der Waals surface area contributed by atoms with Crippen LogP contribution in [0.5, 0.6) is 0 Å². The number of nitrogens with zero attached hydrogens (tertiary/aromatic N) is 3. The summed E-state index contributed by atoms with van der Waals surface area (Å²) in [5.74, 6) is 0.284. The lowest BCUT2D eigenvalue weighted by molar-refractivity contribution is 0.0736. The second-order valence-electron chi connectivity index (χ2n) is 5.93. The highest BCUT2D eigenvalue weighted by molar-refractivity contribution is 7.99. The first-order valence-corrected chi connectivity index (χ1v) is 9.05. The van der Waals surface area contributed by atoms with Gasteiger partial charge < -0.3 is 10.6 Å². The molecule has 7 heteroatoms. The lowest BCUT2D eigenvalue weighted by Gasteiger charge is -2.20. The van der Waals surface area contributed by atoms with Crippen LogP contribution < -0.4 is 5.73 Å². The van der Waals surface area contributed by atoms with Crippen LogP contribution in [0.25, 0.3) is 0 Å². The van der Waals surface area contributed by atoms with E-state index in [1.165, 1.54) is 11.8 Å². The van der Waals surface area contributed by atoms with Gasteiger partial charge in [-0.15, -0.1) is 10.2 Å². The average Bonchev–Trinajstić information content (AvgIpc) is 2.98. The Morgan fingerprint density at radius 3 is 2.75 bits per heavy atom. The number of aromatic nitrogens is 2. The van der Waals surface area contributed by atoms with Gasteiger partial charge in [0.05, 0.1) is 5.02 Å². The van der Waals surface area contributed by atoms with Gasteiger partial charge in [0.1, 0.15) is 5.03 Å². The van der Waals surface area contributed by atoms with Crippen LogP contribution in [0.2, 0.25) is 5.02 Å². The molecule has 0 bridgehead atoms. The van der Waals surface area contributed by atoms with Crippen LogP contribution >= 0.6 is 23.4 Å². The molecule has 24 heavy (non-hydrogen) atoms. The summed E-state index contributed by atoms with van der Waals surface area (Å²) < 4.78 is 0. The van der Waals surface area contributed by atoms with E-state index in [1.807, 2.05) is 36.1 Å². The van der Waals surface area contributed by atoms with Gasteiger partial charge in [0.15, 0.2) is 5.69 Å². The minimum atomic E-state index is -0.0831. The van der Waals surface area contributed by atoms with Gasteiger partial charge in [0, 0.05) is 17.5 Å². The third-order valence-electron chi connectivity index (χ3n) is 4.17. The highest BCUT2D eigenvalue weighted by atomic mass is 35.5. The van der Waals surface area contributed by atoms with Crippen LogP contribution in [0.15, 0.2) is 46.3 Å². The zero-order chi connectivity index (χ0) is 17.1. The van der Waals surface area contributed by atoms with E-state index < -0.39 is 0 Å². The first kappa shape index (κ1) is 17.2. The smallest absolute Gasteiger partial charge is 0.274 e. The van der Waals surface area contributed by atoms with Crippen LogP contribution in [-0.2, 0) is 0 Å². The van der Waals surface area contributed by atoms with Gasteiger partial charge >= 0.3 is 0 Å². The summed E-state index contributed by atoms with van der Waals surface area (Å²) in [5.41, 5.74) is 6.09. The third-order valence-corrected chi connectivity index (χ3v) is 5.61. The summed E-state index contributed by atoms with van der Waals surface area (Å²) in [7, 11) is 0. The molecule has 1 fully saturated rings. The molecule has 5 nitrogen and oxygen atoms in total. The van der Waals surface area contributed by atoms with Crippen molar-refractivity contribution in [3.05, 3.63) is 47.1 Å². The number of hydrogen-bond acceptors (Lipinski definition) is 5. The number of halogens is 1. The summed E-state index contributed by atoms with van der Waals surface area (Å²) in [4.78, 5) is 15.3. The molecule has 1 aliphatic rings. The molecule has 0 aliphatic carbocycles. The lowest BCUT2D eigenvalue weighted by atomic mass is 10.1. The molecule has 1 amide bonds. The van der Waals surface area contributed by atoms with E-state index in [0.717, 1.165) is 11.3 Å². The van der Waals surface area contributed by atoms with Crippen LogP contribution in [-0.4, -0.2) is 40.1 Å². The Labute approximate surface area is 150 Å². The Morgan fingerprint density at radius 2 is 2.12 bits per heavy atom. The summed E-state index contributed by atoms with van der Waals surface area (Å²) in [6.45, 7) is 3.34. The zero-order valence-electron chi connectivity index (χ0n) is 13.4. The standard InChI is InChI=1S/C17H19ClN4OS/c1-11-8-12(9-19)10-22(11)17(23)14-6-7-16(21-20-14)24-15-5-3-2-4-13(15)18/h2-7,11-12H,8-10,19H2,1H3. The van der Waals surface area contributed by atoms with Gasteiger partial charge in [-0.3, -0.25) is 4.79 Å². The number of carbonyl (C=O) groups is 1. The molecule has 2 aromatic rings. The number of hydrogen-bond donors (Lipinski definition) is 1. The fourth-order valence-corrected chi connectivity index (χ4v) is 3.88. The van der Waals surface area contributed by atoms with Crippen molar-refractivity contribution in [1.29, 1.82) is 0 Å². The molecule has 0 spiro atoms. The van der Waals surface area contributed by atoms with Crippen LogP contribution in [0, 0.1) is 5.92 Å². The molecule has 3 rings (SSSR count). The maximum absolute atomic E-state index is 12.6. The second kappa shape index (κ2) is 7.51. The third kappa shape index (κ3) is 3.71. The van der Waals surface area contributed by atoms with E-state index in [-0.39, 0.29) is 11.9 Å². The predicted molar refractivity (Wildman–Crippen MR) is 95.3 cm³/mol. The predicted octanol–water partition coefficient (Wildman–Crippen LogP) is 3.09. The Balaban J connectivity index is 1.70. The van der Waals surface area contributed by atoms with Crippen LogP contribution in [0.4, 0.5) is 0 Å². The number of rotatable bonds is 4. The fraction of sp³-hybridized carbons (Fsp3) is 0.353. The number of likely N-dealkylation sites (tertiary alicyclic amines) is 1. The number of benzene rings is 1. The normalized spacial score (nSPS) is 20.4. The minimum absolute atomic E-state index is 0.0831. The van der Waals surface area contributed by atoms with E-state index in [9.17, 15) is 4.79 Å². The van der Waals surface area contributed by atoms with Crippen molar-refractivity contribution in [2.45, 2.75) is 29.3 Å². The van der Waals surface area contributed by atoms with Crippen molar-refractivity contribution in [2.24, 2.45) is 11.7 Å². The summed E-state index contributed by atoms with van der Waals surface area (Å²) >= 11 is 7.57. The first-order chi connectivity index (χ1) is 11.6. The largest absolute Gasteiger partial charge is 0.334 e. The van der Waals surface area contributed by atoms with E-state index in [1.54, 1.807) is 12.1 Å². The highest BCUT2D eigenvalue weighted by Gasteiger charge is 2.32. The molecule has 0 radical (unpaired) electrons. The van der Waals surface area contributed by atoms with E-state index in [2.05, 4.69) is 10.2 Å². The van der Waals surface area contributed by atoms with Gasteiger partial charge in [-0.05, 0) is 50.1 Å². The highest BCUT2D eigenvalue weighted by Crippen LogP contribution is 2.31. The molecule has 2 N–H and O–H groups in total.